The van der Waals surface area contributed by atoms with Crippen LogP contribution in [0.3, 0.4) is 0 Å². The summed E-state index contributed by atoms with van der Waals surface area (Å²) in [5, 5.41) is 20.9. The number of para-hydroxylation sites is 1. The molecule has 2 heterocycles. The topological polar surface area (TPSA) is 120 Å². The number of carbonyl (C=O) groups is 1. The summed E-state index contributed by atoms with van der Waals surface area (Å²) >= 11 is 6.08. The number of unbranched alkanes of at least 4 members (excludes halogenated alkanes) is 1. The Morgan fingerprint density at radius 3 is 2.59 bits per heavy atom. The average Bonchev–Trinajstić information content (AvgIpc) is 3.21. The Bertz CT molecular complexity index is 1180. The molecule has 2 aromatic heterocycles. The number of hydrogen-bond acceptors (Lipinski definition) is 6. The number of benzene rings is 2. The number of fused-ring (bicyclic) bond motifs is 1. The number of urea groups is 1. The van der Waals surface area contributed by atoms with E-state index in [0.717, 1.165) is 29.6 Å². The highest BCUT2D eigenvalue weighted by atomic mass is 35.5. The second-order valence-electron chi connectivity index (χ2n) is 7.03. The molecule has 0 fully saturated rings. The first kappa shape index (κ1) is 21.4. The lowest BCUT2D eigenvalue weighted by Gasteiger charge is -2.09. The van der Waals surface area contributed by atoms with Crippen LogP contribution >= 0.6 is 11.6 Å². The highest BCUT2D eigenvalue weighted by Gasteiger charge is 2.13. The summed E-state index contributed by atoms with van der Waals surface area (Å²) in [4.78, 5) is 20.5. The van der Waals surface area contributed by atoms with E-state index >= 15 is 0 Å². The van der Waals surface area contributed by atoms with E-state index in [0.29, 0.717) is 35.4 Å². The summed E-state index contributed by atoms with van der Waals surface area (Å²) in [5.41, 5.74) is 2.22. The third-order valence-corrected chi connectivity index (χ3v) is 4.89. The van der Waals surface area contributed by atoms with Crippen molar-refractivity contribution in [2.45, 2.75) is 12.8 Å². The van der Waals surface area contributed by atoms with Crippen molar-refractivity contribution in [1.82, 2.24) is 25.5 Å². The van der Waals surface area contributed by atoms with Crippen LogP contribution in [0.1, 0.15) is 12.8 Å². The van der Waals surface area contributed by atoms with Gasteiger partial charge in [0, 0.05) is 29.5 Å². The minimum absolute atomic E-state index is 0.212. The smallest absolute Gasteiger partial charge is 0.319 e. The van der Waals surface area contributed by atoms with Crippen LogP contribution in [0.2, 0.25) is 5.02 Å². The Balaban J connectivity index is 1.27. The Morgan fingerprint density at radius 1 is 0.938 bits per heavy atom. The van der Waals surface area contributed by atoms with Crippen molar-refractivity contribution in [3.63, 3.8) is 0 Å². The third kappa shape index (κ3) is 5.64. The van der Waals surface area contributed by atoms with Crippen LogP contribution in [-0.4, -0.2) is 39.3 Å². The number of H-pyrrole nitrogens is 1. The van der Waals surface area contributed by atoms with E-state index in [4.69, 9.17) is 11.6 Å². The van der Waals surface area contributed by atoms with Gasteiger partial charge in [0.25, 0.3) is 0 Å². The lowest BCUT2D eigenvalue weighted by atomic mass is 10.3. The molecule has 2 aromatic carbocycles. The van der Waals surface area contributed by atoms with E-state index in [1.54, 1.807) is 0 Å². The van der Waals surface area contributed by atoms with E-state index in [1.807, 2.05) is 54.6 Å². The van der Waals surface area contributed by atoms with Crippen LogP contribution in [0.5, 0.6) is 0 Å². The summed E-state index contributed by atoms with van der Waals surface area (Å²) in [6, 6.07) is 16.5. The summed E-state index contributed by atoms with van der Waals surface area (Å²) in [5.74, 6) is 1.30. The van der Waals surface area contributed by atoms with Gasteiger partial charge in [0.15, 0.2) is 11.5 Å². The zero-order valence-corrected chi connectivity index (χ0v) is 18.0. The molecule has 2 amide bonds. The number of nitrogens with one attached hydrogen (secondary N) is 5. The Morgan fingerprint density at radius 2 is 1.75 bits per heavy atom. The molecular formula is C22H23ClN8O. The van der Waals surface area contributed by atoms with Gasteiger partial charge in [-0.3, -0.25) is 5.10 Å². The van der Waals surface area contributed by atoms with Gasteiger partial charge in [0.05, 0.1) is 0 Å². The first-order chi connectivity index (χ1) is 15.7. The standard InChI is InChI=1S/C22H23ClN8O/c23-15-7-6-10-17(13-15)28-19-18-20(30-31-21(18)27-14-26-19)24-11-4-5-12-25-22(32)29-16-8-2-1-3-9-16/h1-3,6-10,13-14H,4-5,11-12H2,(H2,25,29,32)(H3,24,26,27,28,30,31). The van der Waals surface area contributed by atoms with Crippen LogP contribution in [0, 0.1) is 0 Å². The second kappa shape index (κ2) is 10.5. The van der Waals surface area contributed by atoms with Crippen LogP contribution < -0.4 is 21.3 Å². The molecule has 9 nitrogen and oxygen atoms in total. The van der Waals surface area contributed by atoms with E-state index < -0.39 is 0 Å². The fourth-order valence-corrected chi connectivity index (χ4v) is 3.33. The van der Waals surface area contributed by atoms with Crippen molar-refractivity contribution < 1.29 is 4.79 Å². The summed E-state index contributed by atoms with van der Waals surface area (Å²) < 4.78 is 0. The zero-order chi connectivity index (χ0) is 22.2. The Kier molecular flexibility index (Phi) is 6.98. The maximum absolute atomic E-state index is 11.9. The van der Waals surface area contributed by atoms with Crippen molar-refractivity contribution in [2.24, 2.45) is 0 Å². The molecule has 0 spiro atoms. The van der Waals surface area contributed by atoms with Crippen molar-refractivity contribution in [2.75, 3.05) is 29.0 Å². The van der Waals surface area contributed by atoms with Gasteiger partial charge in [-0.25, -0.2) is 14.8 Å². The molecule has 0 saturated carbocycles. The number of rotatable bonds is 9. The number of aromatic nitrogens is 4. The molecule has 32 heavy (non-hydrogen) atoms. The molecule has 0 aliphatic carbocycles. The summed E-state index contributed by atoms with van der Waals surface area (Å²) in [6.07, 6.45) is 3.15. The van der Waals surface area contributed by atoms with E-state index in [2.05, 4.69) is 41.4 Å². The largest absolute Gasteiger partial charge is 0.368 e. The number of halogens is 1. The predicted molar refractivity (Wildman–Crippen MR) is 128 cm³/mol. The van der Waals surface area contributed by atoms with E-state index in [9.17, 15) is 4.79 Å². The molecule has 0 aliphatic rings. The van der Waals surface area contributed by atoms with Gasteiger partial charge in [-0.05, 0) is 43.2 Å². The molecule has 0 bridgehead atoms. The van der Waals surface area contributed by atoms with E-state index in [1.165, 1.54) is 6.33 Å². The SMILES string of the molecule is O=C(NCCCCNc1n[nH]c2ncnc(Nc3cccc(Cl)c3)c12)Nc1ccccc1. The monoisotopic (exact) mass is 450 g/mol. The molecule has 0 saturated heterocycles. The predicted octanol–water partition coefficient (Wildman–Crippen LogP) is 4.76. The third-order valence-electron chi connectivity index (χ3n) is 4.66. The molecule has 4 aromatic rings. The van der Waals surface area contributed by atoms with Crippen molar-refractivity contribution in [3.05, 3.63) is 65.9 Å². The van der Waals surface area contributed by atoms with Crippen LogP contribution in [0.25, 0.3) is 11.0 Å². The molecule has 4 rings (SSSR count). The van der Waals surface area contributed by atoms with Crippen molar-refractivity contribution in [3.8, 4) is 0 Å². The Hall–Kier alpha value is -3.85. The minimum atomic E-state index is -0.212. The van der Waals surface area contributed by atoms with Gasteiger partial charge >= 0.3 is 6.03 Å². The number of amides is 2. The van der Waals surface area contributed by atoms with Crippen molar-refractivity contribution in [1.29, 1.82) is 0 Å². The van der Waals surface area contributed by atoms with Gasteiger partial charge in [0.2, 0.25) is 0 Å². The van der Waals surface area contributed by atoms with Crippen molar-refractivity contribution >= 4 is 51.7 Å². The summed E-state index contributed by atoms with van der Waals surface area (Å²) in [6.45, 7) is 1.26. The van der Waals surface area contributed by atoms with Gasteiger partial charge in [-0.1, -0.05) is 35.9 Å². The second-order valence-corrected chi connectivity index (χ2v) is 7.47. The molecule has 164 valence electrons. The van der Waals surface area contributed by atoms with Gasteiger partial charge in [-0.15, -0.1) is 0 Å². The molecule has 0 unspecified atom stereocenters. The number of carbonyl (C=O) groups excluding carboxylic acids is 1. The number of anilines is 4. The van der Waals surface area contributed by atoms with Crippen LogP contribution in [0.4, 0.5) is 27.8 Å². The maximum Gasteiger partial charge on any atom is 0.319 e. The molecule has 10 heteroatoms. The molecule has 0 aliphatic heterocycles. The fraction of sp³-hybridized carbons (Fsp3) is 0.182. The van der Waals surface area contributed by atoms with Gasteiger partial charge < -0.3 is 21.3 Å². The first-order valence-corrected chi connectivity index (χ1v) is 10.6. The molecular weight excluding hydrogens is 428 g/mol. The number of nitrogens with zero attached hydrogens (tertiary/aromatic N) is 3. The van der Waals surface area contributed by atoms with E-state index in [-0.39, 0.29) is 6.03 Å². The normalized spacial score (nSPS) is 10.7. The average molecular weight is 451 g/mol. The quantitative estimate of drug-likeness (QED) is 0.234. The Labute approximate surface area is 190 Å². The van der Waals surface area contributed by atoms with Gasteiger partial charge in [0.1, 0.15) is 17.5 Å². The number of aromatic amines is 1. The number of hydrogen-bond donors (Lipinski definition) is 5. The highest BCUT2D eigenvalue weighted by molar-refractivity contribution is 6.30. The summed E-state index contributed by atoms with van der Waals surface area (Å²) in [7, 11) is 0. The van der Waals surface area contributed by atoms with Crippen LogP contribution in [0.15, 0.2) is 60.9 Å². The lowest BCUT2D eigenvalue weighted by Crippen LogP contribution is -2.29. The lowest BCUT2D eigenvalue weighted by molar-refractivity contribution is 0.252. The maximum atomic E-state index is 11.9. The highest BCUT2D eigenvalue weighted by Crippen LogP contribution is 2.28. The molecule has 5 N–H and O–H groups in total. The first-order valence-electron chi connectivity index (χ1n) is 10.2. The van der Waals surface area contributed by atoms with Gasteiger partial charge in [-0.2, -0.15) is 5.10 Å². The zero-order valence-electron chi connectivity index (χ0n) is 17.2. The molecule has 0 atom stereocenters. The minimum Gasteiger partial charge on any atom is -0.368 e. The molecule has 0 radical (unpaired) electrons. The fourth-order valence-electron chi connectivity index (χ4n) is 3.14. The van der Waals surface area contributed by atoms with Crippen LogP contribution in [-0.2, 0) is 0 Å².